The number of nitrogens with zero attached hydrogens (tertiary/aromatic N) is 3. The van der Waals surface area contributed by atoms with E-state index in [9.17, 15) is 0 Å². The number of hydrogen-bond donors (Lipinski definition) is 0. The first-order valence-electron chi connectivity index (χ1n) is 5.68. The maximum atomic E-state index is 6.32. The third-order valence-corrected chi connectivity index (χ3v) is 4.27. The molecular weight excluding hydrogens is 289 g/mol. The third kappa shape index (κ3) is 2.44. The summed E-state index contributed by atoms with van der Waals surface area (Å²) < 4.78 is 1.92. The highest BCUT2D eigenvalue weighted by Crippen LogP contribution is 2.25. The van der Waals surface area contributed by atoms with E-state index in [0.717, 1.165) is 42.5 Å². The van der Waals surface area contributed by atoms with Crippen LogP contribution in [-0.4, -0.2) is 32.6 Å². The van der Waals surface area contributed by atoms with E-state index in [1.54, 1.807) is 0 Å². The highest BCUT2D eigenvalue weighted by atomic mass is 79.9. The predicted molar refractivity (Wildman–Crippen MR) is 70.2 cm³/mol. The minimum atomic E-state index is 0.630. The molecule has 5 heteroatoms. The van der Waals surface area contributed by atoms with Crippen LogP contribution in [0.3, 0.4) is 0 Å². The van der Waals surface area contributed by atoms with Gasteiger partial charge in [0, 0.05) is 25.0 Å². The third-order valence-electron chi connectivity index (χ3n) is 3.09. The van der Waals surface area contributed by atoms with Gasteiger partial charge in [0.1, 0.15) is 0 Å². The van der Waals surface area contributed by atoms with Gasteiger partial charge < -0.3 is 0 Å². The molecule has 1 aliphatic rings. The van der Waals surface area contributed by atoms with Gasteiger partial charge in [0.25, 0.3) is 0 Å². The first-order valence-corrected chi connectivity index (χ1v) is 6.97. The highest BCUT2D eigenvalue weighted by molar-refractivity contribution is 9.09. The summed E-state index contributed by atoms with van der Waals surface area (Å²) in [6, 6.07) is 0. The summed E-state index contributed by atoms with van der Waals surface area (Å²) in [7, 11) is 1.97. The maximum Gasteiger partial charge on any atom is 0.0863 e. The van der Waals surface area contributed by atoms with Crippen LogP contribution in [-0.2, 0) is 20.0 Å². The Kier molecular flexibility index (Phi) is 3.93. The molecule has 2 heterocycles. The molecule has 0 saturated carbocycles. The molecule has 1 saturated heterocycles. The van der Waals surface area contributed by atoms with Crippen LogP contribution in [0.4, 0.5) is 0 Å². The molecule has 16 heavy (non-hydrogen) atoms. The molecule has 2 rings (SSSR count). The van der Waals surface area contributed by atoms with Crippen molar-refractivity contribution in [3.05, 3.63) is 16.4 Å². The number of likely N-dealkylation sites (tertiary alicyclic amines) is 1. The first-order chi connectivity index (χ1) is 7.61. The fourth-order valence-electron chi connectivity index (χ4n) is 2.13. The van der Waals surface area contributed by atoms with Crippen molar-refractivity contribution in [2.75, 3.05) is 13.1 Å². The van der Waals surface area contributed by atoms with Crippen LogP contribution >= 0.6 is 27.5 Å². The number of alkyl halides is 1. The molecule has 1 fully saturated rings. The van der Waals surface area contributed by atoms with E-state index in [1.807, 2.05) is 11.7 Å². The van der Waals surface area contributed by atoms with Gasteiger partial charge in [-0.25, -0.2) is 0 Å². The van der Waals surface area contributed by atoms with Crippen molar-refractivity contribution in [1.82, 2.24) is 14.7 Å². The summed E-state index contributed by atoms with van der Waals surface area (Å²) in [4.78, 5) is 3.05. The zero-order chi connectivity index (χ0) is 11.7. The molecule has 90 valence electrons. The molecule has 0 radical (unpaired) electrons. The van der Waals surface area contributed by atoms with E-state index in [-0.39, 0.29) is 0 Å². The lowest BCUT2D eigenvalue weighted by atomic mass is 10.3. The Bertz CT molecular complexity index is 378. The smallest absolute Gasteiger partial charge is 0.0863 e. The molecule has 1 atom stereocenters. The summed E-state index contributed by atoms with van der Waals surface area (Å²) in [5.41, 5.74) is 2.15. The van der Waals surface area contributed by atoms with Gasteiger partial charge >= 0.3 is 0 Å². The second kappa shape index (κ2) is 5.07. The molecule has 1 unspecified atom stereocenters. The zero-order valence-corrected chi connectivity index (χ0v) is 12.1. The lowest BCUT2D eigenvalue weighted by Crippen LogP contribution is -2.21. The summed E-state index contributed by atoms with van der Waals surface area (Å²) in [5, 5.41) is 5.29. The Morgan fingerprint density at radius 1 is 1.56 bits per heavy atom. The van der Waals surface area contributed by atoms with Crippen molar-refractivity contribution in [1.29, 1.82) is 0 Å². The summed E-state index contributed by atoms with van der Waals surface area (Å²) in [6.45, 7) is 5.23. The average molecular weight is 307 g/mol. The van der Waals surface area contributed by atoms with Crippen molar-refractivity contribution < 1.29 is 0 Å². The van der Waals surface area contributed by atoms with E-state index in [1.165, 1.54) is 6.42 Å². The monoisotopic (exact) mass is 305 g/mol. The second-order valence-electron chi connectivity index (χ2n) is 4.31. The molecule has 0 amide bonds. The number of aromatic nitrogens is 2. The minimum absolute atomic E-state index is 0.630. The van der Waals surface area contributed by atoms with Gasteiger partial charge in [-0.1, -0.05) is 34.5 Å². The van der Waals surface area contributed by atoms with E-state index < -0.39 is 0 Å². The van der Waals surface area contributed by atoms with Crippen LogP contribution in [0.2, 0.25) is 5.02 Å². The molecule has 0 aliphatic carbocycles. The zero-order valence-electron chi connectivity index (χ0n) is 9.71. The average Bonchev–Trinajstić information content (AvgIpc) is 2.77. The van der Waals surface area contributed by atoms with Gasteiger partial charge in [0.2, 0.25) is 0 Å². The fourth-order valence-corrected chi connectivity index (χ4v) is 3.10. The highest BCUT2D eigenvalue weighted by Gasteiger charge is 2.22. The van der Waals surface area contributed by atoms with E-state index in [0.29, 0.717) is 4.83 Å². The Hall–Kier alpha value is -0.0600. The molecule has 0 bridgehead atoms. The largest absolute Gasteiger partial charge is 0.296 e. The molecule has 0 spiro atoms. The second-order valence-corrected chi connectivity index (χ2v) is 5.98. The standard InChI is InChI=1S/C11H17BrClN3/c1-3-9-11(13)10(15(2)14-9)7-16-5-4-8(12)6-16/h8H,3-7H2,1-2H3. The van der Waals surface area contributed by atoms with Crippen LogP contribution in [0.25, 0.3) is 0 Å². The number of aryl methyl sites for hydroxylation is 2. The topological polar surface area (TPSA) is 21.1 Å². The normalized spacial score (nSPS) is 21.9. The van der Waals surface area contributed by atoms with Gasteiger partial charge in [0.05, 0.1) is 16.4 Å². The number of hydrogen-bond acceptors (Lipinski definition) is 2. The lowest BCUT2D eigenvalue weighted by Gasteiger charge is -2.15. The quantitative estimate of drug-likeness (QED) is 0.801. The van der Waals surface area contributed by atoms with Crippen molar-refractivity contribution in [2.45, 2.75) is 31.1 Å². The predicted octanol–water partition coefficient (Wildman–Crippen LogP) is 2.61. The Balaban J connectivity index is 2.12. The van der Waals surface area contributed by atoms with Gasteiger partial charge in [-0.15, -0.1) is 0 Å². The van der Waals surface area contributed by atoms with E-state index >= 15 is 0 Å². The lowest BCUT2D eigenvalue weighted by molar-refractivity contribution is 0.322. The van der Waals surface area contributed by atoms with Crippen LogP contribution in [0.1, 0.15) is 24.7 Å². The van der Waals surface area contributed by atoms with Crippen molar-refractivity contribution >= 4 is 27.5 Å². The van der Waals surface area contributed by atoms with Crippen LogP contribution < -0.4 is 0 Å². The van der Waals surface area contributed by atoms with Gasteiger partial charge in [-0.3, -0.25) is 9.58 Å². The summed E-state index contributed by atoms with van der Waals surface area (Å²) >= 11 is 9.97. The molecule has 0 aromatic carbocycles. The Morgan fingerprint density at radius 2 is 2.31 bits per heavy atom. The molecular formula is C11H17BrClN3. The van der Waals surface area contributed by atoms with E-state index in [4.69, 9.17) is 11.6 Å². The number of rotatable bonds is 3. The molecule has 0 N–H and O–H groups in total. The number of halogens is 2. The van der Waals surface area contributed by atoms with Crippen molar-refractivity contribution in [2.24, 2.45) is 7.05 Å². The van der Waals surface area contributed by atoms with Crippen molar-refractivity contribution in [3.63, 3.8) is 0 Å². The van der Waals surface area contributed by atoms with Crippen molar-refractivity contribution in [3.8, 4) is 0 Å². The SMILES string of the molecule is CCc1nn(C)c(CN2CCC(Br)C2)c1Cl. The Morgan fingerprint density at radius 3 is 2.81 bits per heavy atom. The van der Waals surface area contributed by atoms with Crippen LogP contribution in [0, 0.1) is 0 Å². The van der Waals surface area contributed by atoms with Gasteiger partial charge in [0.15, 0.2) is 0 Å². The molecule has 1 aliphatic heterocycles. The maximum absolute atomic E-state index is 6.32. The summed E-state index contributed by atoms with van der Waals surface area (Å²) in [5.74, 6) is 0. The van der Waals surface area contributed by atoms with E-state index in [2.05, 4.69) is 32.9 Å². The minimum Gasteiger partial charge on any atom is -0.296 e. The van der Waals surface area contributed by atoms with Crippen LogP contribution in [0.5, 0.6) is 0 Å². The van der Waals surface area contributed by atoms with Gasteiger partial charge in [-0.05, 0) is 19.4 Å². The first kappa shape index (κ1) is 12.4. The van der Waals surface area contributed by atoms with Crippen LogP contribution in [0.15, 0.2) is 0 Å². The molecule has 1 aromatic heterocycles. The molecule has 3 nitrogen and oxygen atoms in total. The molecule has 1 aromatic rings. The summed E-state index contributed by atoms with van der Waals surface area (Å²) in [6.07, 6.45) is 2.11. The fraction of sp³-hybridized carbons (Fsp3) is 0.727. The van der Waals surface area contributed by atoms with Gasteiger partial charge in [-0.2, -0.15) is 5.10 Å². The Labute approximate surface area is 110 Å².